The third kappa shape index (κ3) is 4.61. The zero-order chi connectivity index (χ0) is 22.7. The first-order valence-corrected chi connectivity index (χ1v) is 10.0. The number of aliphatic hydroxyl groups is 1. The second-order valence-electron chi connectivity index (χ2n) is 7.67. The summed E-state index contributed by atoms with van der Waals surface area (Å²) >= 11 is 0. The summed E-state index contributed by atoms with van der Waals surface area (Å²) in [5.41, 5.74) is 1.61. The topological polar surface area (TPSA) is 76.1 Å². The molecule has 0 spiro atoms. The quantitative estimate of drug-likeness (QED) is 0.411. The minimum Gasteiger partial charge on any atom is -0.507 e. The van der Waals surface area contributed by atoms with E-state index < -0.39 is 23.5 Å². The summed E-state index contributed by atoms with van der Waals surface area (Å²) in [7, 11) is 1.46. The summed E-state index contributed by atoms with van der Waals surface area (Å²) < 4.78 is 24.4. The number of hydrogen-bond donors (Lipinski definition) is 1. The maximum atomic E-state index is 13.5. The number of Topliss-reactive ketones (excluding diaryl/α,β-unsaturated/α-hetero) is 1. The molecule has 164 valence electrons. The number of nitrogens with zero attached hydrogens (tertiary/aromatic N) is 1. The number of halogens is 1. The number of ketones is 1. The van der Waals surface area contributed by atoms with E-state index in [2.05, 4.69) is 0 Å². The second kappa shape index (κ2) is 9.31. The highest BCUT2D eigenvalue weighted by Gasteiger charge is 2.46. The van der Waals surface area contributed by atoms with Crippen molar-refractivity contribution in [2.75, 3.05) is 20.3 Å². The average molecular weight is 427 g/mol. The summed E-state index contributed by atoms with van der Waals surface area (Å²) in [5.74, 6) is -1.95. The Balaban J connectivity index is 2.15. The molecule has 1 saturated heterocycles. The molecule has 1 heterocycles. The van der Waals surface area contributed by atoms with Gasteiger partial charge in [-0.2, -0.15) is 0 Å². The Labute approximate surface area is 180 Å². The largest absolute Gasteiger partial charge is 0.507 e. The van der Waals surface area contributed by atoms with Crippen LogP contribution in [0, 0.1) is 12.7 Å². The Hall–Kier alpha value is -3.19. The highest BCUT2D eigenvalue weighted by Crippen LogP contribution is 2.41. The van der Waals surface area contributed by atoms with Gasteiger partial charge in [0, 0.05) is 6.54 Å². The van der Waals surface area contributed by atoms with Crippen LogP contribution >= 0.6 is 0 Å². The molecule has 0 radical (unpaired) electrons. The van der Waals surface area contributed by atoms with E-state index in [0.717, 1.165) is 5.56 Å². The molecule has 3 rings (SSSR count). The Kier molecular flexibility index (Phi) is 6.75. The SMILES string of the molecule is COc1ccc(C)cc1/C(O)=C1\C(=O)C(=O)N(CCOC(C)C)C1c1ccc(F)cc1. The average Bonchev–Trinajstić information content (AvgIpc) is 2.98. The fraction of sp³-hybridized carbons (Fsp3) is 0.333. The fourth-order valence-corrected chi connectivity index (χ4v) is 3.64. The molecule has 1 fully saturated rings. The third-order valence-corrected chi connectivity index (χ3v) is 5.12. The molecule has 1 unspecified atom stereocenters. The fourth-order valence-electron chi connectivity index (χ4n) is 3.64. The van der Waals surface area contributed by atoms with Gasteiger partial charge in [0.2, 0.25) is 0 Å². The van der Waals surface area contributed by atoms with Crippen molar-refractivity contribution in [3.05, 3.63) is 70.5 Å². The molecule has 1 aliphatic heterocycles. The Bertz CT molecular complexity index is 1010. The summed E-state index contributed by atoms with van der Waals surface area (Å²) in [6, 6.07) is 9.83. The number of rotatable bonds is 7. The number of likely N-dealkylation sites (tertiary alicyclic amines) is 1. The van der Waals surface area contributed by atoms with Gasteiger partial charge in [-0.25, -0.2) is 4.39 Å². The van der Waals surface area contributed by atoms with Gasteiger partial charge in [-0.15, -0.1) is 0 Å². The van der Waals surface area contributed by atoms with Gasteiger partial charge in [0.1, 0.15) is 17.3 Å². The van der Waals surface area contributed by atoms with E-state index in [9.17, 15) is 19.1 Å². The molecular weight excluding hydrogens is 401 g/mol. The number of methoxy groups -OCH3 is 1. The maximum absolute atomic E-state index is 13.5. The maximum Gasteiger partial charge on any atom is 0.295 e. The molecular formula is C24H26FNO5. The number of aryl methyl sites for hydroxylation is 1. The van der Waals surface area contributed by atoms with Crippen LogP contribution in [0.3, 0.4) is 0 Å². The van der Waals surface area contributed by atoms with Crippen LogP contribution in [-0.2, 0) is 14.3 Å². The molecule has 0 bridgehead atoms. The van der Waals surface area contributed by atoms with Gasteiger partial charge in [-0.1, -0.05) is 23.8 Å². The summed E-state index contributed by atoms with van der Waals surface area (Å²) in [6.45, 7) is 5.95. The monoisotopic (exact) mass is 427 g/mol. The van der Waals surface area contributed by atoms with Crippen LogP contribution in [0.1, 0.15) is 36.6 Å². The van der Waals surface area contributed by atoms with E-state index in [1.807, 2.05) is 26.8 Å². The van der Waals surface area contributed by atoms with E-state index in [1.165, 1.54) is 36.3 Å². The minimum absolute atomic E-state index is 0.0438. The molecule has 6 nitrogen and oxygen atoms in total. The van der Waals surface area contributed by atoms with Crippen LogP contribution < -0.4 is 4.74 Å². The van der Waals surface area contributed by atoms with E-state index in [0.29, 0.717) is 16.9 Å². The van der Waals surface area contributed by atoms with Crippen molar-refractivity contribution >= 4 is 17.4 Å². The molecule has 2 aromatic carbocycles. The van der Waals surface area contributed by atoms with Crippen molar-refractivity contribution in [3.8, 4) is 5.75 Å². The van der Waals surface area contributed by atoms with Gasteiger partial charge < -0.3 is 19.5 Å². The van der Waals surface area contributed by atoms with E-state index in [-0.39, 0.29) is 30.6 Å². The van der Waals surface area contributed by atoms with Gasteiger partial charge in [0.15, 0.2) is 0 Å². The molecule has 2 aromatic rings. The number of ether oxygens (including phenoxy) is 2. The number of carbonyl (C=O) groups excluding carboxylic acids is 2. The Morgan fingerprint density at radius 2 is 1.84 bits per heavy atom. The first-order valence-electron chi connectivity index (χ1n) is 10.0. The van der Waals surface area contributed by atoms with Crippen LogP contribution in [0.15, 0.2) is 48.0 Å². The molecule has 1 N–H and O–H groups in total. The van der Waals surface area contributed by atoms with E-state index >= 15 is 0 Å². The Morgan fingerprint density at radius 1 is 1.16 bits per heavy atom. The zero-order valence-electron chi connectivity index (χ0n) is 18.0. The molecule has 0 aromatic heterocycles. The van der Waals surface area contributed by atoms with E-state index in [1.54, 1.807) is 12.1 Å². The Morgan fingerprint density at radius 3 is 2.45 bits per heavy atom. The predicted molar refractivity (Wildman–Crippen MR) is 114 cm³/mol. The molecule has 0 saturated carbocycles. The lowest BCUT2D eigenvalue weighted by Crippen LogP contribution is -2.33. The predicted octanol–water partition coefficient (Wildman–Crippen LogP) is 3.99. The number of carbonyl (C=O) groups is 2. The van der Waals surface area contributed by atoms with Crippen molar-refractivity contribution < 1.29 is 28.6 Å². The highest BCUT2D eigenvalue weighted by molar-refractivity contribution is 6.46. The standard InChI is InChI=1S/C24H26FNO5/c1-14(2)31-12-11-26-21(16-6-8-17(25)9-7-16)20(23(28)24(26)29)22(27)18-13-15(3)5-10-19(18)30-4/h5-10,13-14,21,27H,11-12H2,1-4H3/b22-20+. The lowest BCUT2D eigenvalue weighted by molar-refractivity contribution is -0.140. The van der Waals surface area contributed by atoms with Gasteiger partial charge in [-0.05, 0) is 50.6 Å². The number of aliphatic hydroxyl groups excluding tert-OH is 1. The molecule has 1 atom stereocenters. The van der Waals surface area contributed by atoms with Gasteiger partial charge in [0.25, 0.3) is 11.7 Å². The van der Waals surface area contributed by atoms with Crippen LogP contribution in [0.4, 0.5) is 4.39 Å². The number of benzene rings is 2. The van der Waals surface area contributed by atoms with Gasteiger partial charge >= 0.3 is 0 Å². The zero-order valence-corrected chi connectivity index (χ0v) is 18.0. The van der Waals surface area contributed by atoms with Crippen molar-refractivity contribution in [2.24, 2.45) is 0 Å². The molecule has 31 heavy (non-hydrogen) atoms. The van der Waals surface area contributed by atoms with Crippen LogP contribution in [0.2, 0.25) is 0 Å². The number of hydrogen-bond acceptors (Lipinski definition) is 5. The summed E-state index contributed by atoms with van der Waals surface area (Å²) in [6.07, 6.45) is -0.0438. The summed E-state index contributed by atoms with van der Waals surface area (Å²) in [5, 5.41) is 11.2. The highest BCUT2D eigenvalue weighted by atomic mass is 19.1. The van der Waals surface area contributed by atoms with Crippen LogP contribution in [0.5, 0.6) is 5.75 Å². The smallest absolute Gasteiger partial charge is 0.295 e. The molecule has 1 aliphatic rings. The van der Waals surface area contributed by atoms with E-state index in [4.69, 9.17) is 9.47 Å². The second-order valence-corrected chi connectivity index (χ2v) is 7.67. The van der Waals surface area contributed by atoms with Crippen molar-refractivity contribution in [1.82, 2.24) is 4.90 Å². The first-order chi connectivity index (χ1) is 14.7. The van der Waals surface area contributed by atoms with Crippen LogP contribution in [-0.4, -0.2) is 48.1 Å². The third-order valence-electron chi connectivity index (χ3n) is 5.12. The van der Waals surface area contributed by atoms with Gasteiger partial charge in [0.05, 0.1) is 37.0 Å². The normalized spacial score (nSPS) is 18.1. The van der Waals surface area contributed by atoms with Crippen molar-refractivity contribution in [2.45, 2.75) is 32.9 Å². The minimum atomic E-state index is -0.874. The van der Waals surface area contributed by atoms with Crippen LogP contribution in [0.25, 0.3) is 5.76 Å². The van der Waals surface area contributed by atoms with Gasteiger partial charge in [-0.3, -0.25) is 9.59 Å². The van der Waals surface area contributed by atoms with Crippen molar-refractivity contribution in [3.63, 3.8) is 0 Å². The lowest BCUT2D eigenvalue weighted by Gasteiger charge is -2.25. The number of amides is 1. The first kappa shape index (κ1) is 22.5. The molecule has 0 aliphatic carbocycles. The molecule has 7 heteroatoms. The van der Waals surface area contributed by atoms with Crippen molar-refractivity contribution in [1.29, 1.82) is 0 Å². The summed E-state index contributed by atoms with van der Waals surface area (Å²) in [4.78, 5) is 27.2. The molecule has 1 amide bonds. The lowest BCUT2D eigenvalue weighted by atomic mass is 9.94.